The number of hydrogen-bond acceptors (Lipinski definition) is 2. The lowest BCUT2D eigenvalue weighted by molar-refractivity contribution is -0.114. The molecule has 12 heavy (non-hydrogen) atoms. The highest BCUT2D eigenvalue weighted by atomic mass is 32.2. The van der Waals surface area contributed by atoms with Crippen LogP contribution in [-0.2, 0) is 4.79 Å². The van der Waals surface area contributed by atoms with Crippen molar-refractivity contribution in [1.82, 2.24) is 0 Å². The van der Waals surface area contributed by atoms with Crippen LogP contribution in [0.5, 0.6) is 0 Å². The van der Waals surface area contributed by atoms with Gasteiger partial charge in [0.05, 0.1) is 0 Å². The third-order valence-corrected chi connectivity index (χ3v) is 2.32. The minimum absolute atomic E-state index is 0.443. The first-order valence-electron chi connectivity index (χ1n) is 3.61. The van der Waals surface area contributed by atoms with Crippen LogP contribution in [0, 0.1) is 0 Å². The van der Waals surface area contributed by atoms with Crippen molar-refractivity contribution in [2.75, 3.05) is 0 Å². The summed E-state index contributed by atoms with van der Waals surface area (Å²) in [6.07, 6.45) is -1.39. The van der Waals surface area contributed by atoms with Gasteiger partial charge in [-0.05, 0) is 30.8 Å². The maximum atomic E-state index is 12.4. The standard InChI is InChI=1S/C9H9FOS/c1-7(10)9(11)12-8-5-3-2-4-6-8/h2-7H,1H3. The maximum absolute atomic E-state index is 12.4. The highest BCUT2D eigenvalue weighted by molar-refractivity contribution is 8.13. The van der Waals surface area contributed by atoms with Gasteiger partial charge in [0.15, 0.2) is 6.17 Å². The molecule has 0 aliphatic carbocycles. The van der Waals surface area contributed by atoms with Crippen molar-refractivity contribution in [2.24, 2.45) is 0 Å². The topological polar surface area (TPSA) is 17.1 Å². The van der Waals surface area contributed by atoms with Gasteiger partial charge in [0, 0.05) is 4.90 Å². The molecule has 0 radical (unpaired) electrons. The summed E-state index contributed by atoms with van der Waals surface area (Å²) in [5, 5.41) is -0.443. The van der Waals surface area contributed by atoms with Gasteiger partial charge in [0.25, 0.3) is 0 Å². The largest absolute Gasteiger partial charge is 0.284 e. The molecule has 1 atom stereocenters. The monoisotopic (exact) mass is 184 g/mol. The van der Waals surface area contributed by atoms with Gasteiger partial charge >= 0.3 is 0 Å². The number of carbonyl (C=O) groups is 1. The van der Waals surface area contributed by atoms with Crippen molar-refractivity contribution in [1.29, 1.82) is 0 Å². The first-order valence-corrected chi connectivity index (χ1v) is 4.42. The fourth-order valence-electron chi connectivity index (χ4n) is 0.686. The van der Waals surface area contributed by atoms with Gasteiger partial charge in [-0.25, -0.2) is 4.39 Å². The Morgan fingerprint density at radius 1 is 1.42 bits per heavy atom. The molecular formula is C9H9FOS. The lowest BCUT2D eigenvalue weighted by Gasteiger charge is -1.99. The molecule has 1 rings (SSSR count). The SMILES string of the molecule is CC(F)C(=O)Sc1ccccc1. The van der Waals surface area contributed by atoms with Crippen molar-refractivity contribution >= 4 is 16.9 Å². The molecule has 0 spiro atoms. The average Bonchev–Trinajstić information content (AvgIpc) is 2.06. The Labute approximate surface area is 75.0 Å². The van der Waals surface area contributed by atoms with Gasteiger partial charge in [-0.15, -0.1) is 0 Å². The Morgan fingerprint density at radius 3 is 2.50 bits per heavy atom. The Balaban J connectivity index is 2.59. The Morgan fingerprint density at radius 2 is 2.00 bits per heavy atom. The minimum atomic E-state index is -1.39. The van der Waals surface area contributed by atoms with Crippen molar-refractivity contribution in [3.05, 3.63) is 30.3 Å². The lowest BCUT2D eigenvalue weighted by atomic mass is 10.4. The van der Waals surface area contributed by atoms with Crippen molar-refractivity contribution in [3.63, 3.8) is 0 Å². The molecule has 0 N–H and O–H groups in total. The normalized spacial score (nSPS) is 12.5. The van der Waals surface area contributed by atoms with Crippen molar-refractivity contribution < 1.29 is 9.18 Å². The van der Waals surface area contributed by atoms with Gasteiger partial charge in [-0.1, -0.05) is 18.2 Å². The molecule has 3 heteroatoms. The number of alkyl halides is 1. The summed E-state index contributed by atoms with van der Waals surface area (Å²) >= 11 is 0.938. The van der Waals surface area contributed by atoms with E-state index in [4.69, 9.17) is 0 Å². The number of hydrogen-bond donors (Lipinski definition) is 0. The van der Waals surface area contributed by atoms with Gasteiger partial charge in [-0.3, -0.25) is 4.79 Å². The third kappa shape index (κ3) is 2.66. The second kappa shape index (κ2) is 4.26. The zero-order chi connectivity index (χ0) is 8.97. The van der Waals surface area contributed by atoms with Gasteiger partial charge in [-0.2, -0.15) is 0 Å². The molecule has 0 saturated carbocycles. The van der Waals surface area contributed by atoms with E-state index >= 15 is 0 Å². The van der Waals surface area contributed by atoms with Crippen LogP contribution in [0.2, 0.25) is 0 Å². The molecule has 64 valence electrons. The molecule has 1 unspecified atom stereocenters. The summed E-state index contributed by atoms with van der Waals surface area (Å²) < 4.78 is 12.4. The summed E-state index contributed by atoms with van der Waals surface area (Å²) in [7, 11) is 0. The number of carbonyl (C=O) groups excluding carboxylic acids is 1. The van der Waals surface area contributed by atoms with E-state index < -0.39 is 11.3 Å². The number of thioether (sulfide) groups is 1. The van der Waals surface area contributed by atoms with Gasteiger partial charge in [0.1, 0.15) is 0 Å². The molecular weight excluding hydrogens is 175 g/mol. The fourth-order valence-corrected chi connectivity index (χ4v) is 1.37. The molecule has 0 amide bonds. The van der Waals surface area contributed by atoms with E-state index in [9.17, 15) is 9.18 Å². The van der Waals surface area contributed by atoms with E-state index in [0.717, 1.165) is 16.7 Å². The second-order valence-corrected chi connectivity index (χ2v) is 3.43. The van der Waals surface area contributed by atoms with E-state index in [-0.39, 0.29) is 0 Å². The first-order chi connectivity index (χ1) is 5.70. The van der Waals surface area contributed by atoms with Crippen LogP contribution in [0.1, 0.15) is 6.92 Å². The molecule has 0 bridgehead atoms. The molecule has 0 heterocycles. The third-order valence-electron chi connectivity index (χ3n) is 1.29. The highest BCUT2D eigenvalue weighted by Gasteiger charge is 2.11. The van der Waals surface area contributed by atoms with Crippen LogP contribution in [0.3, 0.4) is 0 Å². The van der Waals surface area contributed by atoms with Gasteiger partial charge in [0.2, 0.25) is 5.12 Å². The Kier molecular flexibility index (Phi) is 3.29. The zero-order valence-electron chi connectivity index (χ0n) is 6.66. The van der Waals surface area contributed by atoms with Crippen LogP contribution >= 0.6 is 11.8 Å². The molecule has 0 fully saturated rings. The summed E-state index contributed by atoms with van der Waals surface area (Å²) in [5.41, 5.74) is 0. The summed E-state index contributed by atoms with van der Waals surface area (Å²) in [6.45, 7) is 1.25. The van der Waals surface area contributed by atoms with Crippen molar-refractivity contribution in [2.45, 2.75) is 18.0 Å². The molecule has 0 aliphatic rings. The number of halogens is 1. The summed E-state index contributed by atoms with van der Waals surface area (Å²) in [6, 6.07) is 9.06. The zero-order valence-corrected chi connectivity index (χ0v) is 7.48. The summed E-state index contributed by atoms with van der Waals surface area (Å²) in [5.74, 6) is 0. The maximum Gasteiger partial charge on any atom is 0.227 e. The highest BCUT2D eigenvalue weighted by Crippen LogP contribution is 2.20. The second-order valence-electron chi connectivity index (χ2n) is 2.35. The molecule has 1 nitrogen and oxygen atoms in total. The molecule has 1 aromatic carbocycles. The van der Waals surface area contributed by atoms with Gasteiger partial charge < -0.3 is 0 Å². The predicted octanol–water partition coefficient (Wildman–Crippen LogP) is 2.66. The van der Waals surface area contributed by atoms with E-state index in [1.165, 1.54) is 6.92 Å². The van der Waals surface area contributed by atoms with Crippen LogP contribution < -0.4 is 0 Å². The van der Waals surface area contributed by atoms with E-state index in [2.05, 4.69) is 0 Å². The first kappa shape index (κ1) is 9.26. The number of benzene rings is 1. The van der Waals surface area contributed by atoms with Crippen LogP contribution in [0.4, 0.5) is 4.39 Å². The van der Waals surface area contributed by atoms with Crippen LogP contribution in [0.15, 0.2) is 35.2 Å². The van der Waals surface area contributed by atoms with Crippen LogP contribution in [0.25, 0.3) is 0 Å². The van der Waals surface area contributed by atoms with Crippen LogP contribution in [-0.4, -0.2) is 11.3 Å². The quantitative estimate of drug-likeness (QED) is 0.657. The van der Waals surface area contributed by atoms with E-state index in [1.54, 1.807) is 12.1 Å². The Hall–Kier alpha value is -0.830. The fraction of sp³-hybridized carbons (Fsp3) is 0.222. The lowest BCUT2D eigenvalue weighted by Crippen LogP contribution is -2.05. The molecule has 0 aliphatic heterocycles. The van der Waals surface area contributed by atoms with Crippen molar-refractivity contribution in [3.8, 4) is 0 Å². The minimum Gasteiger partial charge on any atom is -0.284 e. The molecule has 0 aromatic heterocycles. The Bertz CT molecular complexity index is 258. The molecule has 0 saturated heterocycles. The summed E-state index contributed by atoms with van der Waals surface area (Å²) in [4.78, 5) is 11.7. The molecule has 1 aromatic rings. The van der Waals surface area contributed by atoms with E-state index in [0.29, 0.717) is 0 Å². The predicted molar refractivity (Wildman–Crippen MR) is 47.9 cm³/mol. The van der Waals surface area contributed by atoms with E-state index in [1.807, 2.05) is 18.2 Å². The average molecular weight is 184 g/mol. The number of rotatable bonds is 2. The smallest absolute Gasteiger partial charge is 0.227 e.